The highest BCUT2D eigenvalue weighted by Gasteiger charge is 2.27. The summed E-state index contributed by atoms with van der Waals surface area (Å²) >= 11 is 0. The molecule has 2 rings (SSSR count). The van der Waals surface area contributed by atoms with Crippen LogP contribution in [0.15, 0.2) is 24.3 Å². The number of benzene rings is 1. The quantitative estimate of drug-likeness (QED) is 0.870. The maximum atomic E-state index is 12.2. The zero-order valence-corrected chi connectivity index (χ0v) is 10.2. The lowest BCUT2D eigenvalue weighted by molar-refractivity contribution is -0.131. The molecule has 1 aromatic carbocycles. The van der Waals surface area contributed by atoms with Gasteiger partial charge < -0.3 is 10.0 Å². The Labute approximate surface area is 102 Å². The Bertz CT molecular complexity index is 403. The molecule has 1 aliphatic rings. The second-order valence-electron chi connectivity index (χ2n) is 4.60. The number of carbonyl (C=O) groups excluding carboxylic acids is 1. The third kappa shape index (κ3) is 2.60. The Morgan fingerprint density at radius 1 is 1.47 bits per heavy atom. The van der Waals surface area contributed by atoms with Gasteiger partial charge in [0.1, 0.15) is 5.75 Å². The number of aromatic hydroxyl groups is 1. The molecule has 1 atom stereocenters. The molecule has 0 spiro atoms. The number of rotatable bonds is 3. The fourth-order valence-electron chi connectivity index (χ4n) is 2.51. The first-order valence-electron chi connectivity index (χ1n) is 6.28. The highest BCUT2D eigenvalue weighted by atomic mass is 16.3. The van der Waals surface area contributed by atoms with E-state index >= 15 is 0 Å². The molecule has 1 aliphatic heterocycles. The number of phenols is 1. The number of phenolic OH excluding ortho intramolecular Hbond substituents is 1. The van der Waals surface area contributed by atoms with Crippen LogP contribution in [0, 0.1) is 0 Å². The van der Waals surface area contributed by atoms with E-state index in [1.54, 1.807) is 12.1 Å². The average molecular weight is 233 g/mol. The van der Waals surface area contributed by atoms with E-state index in [2.05, 4.69) is 6.92 Å². The molecule has 17 heavy (non-hydrogen) atoms. The van der Waals surface area contributed by atoms with E-state index in [4.69, 9.17) is 0 Å². The van der Waals surface area contributed by atoms with Gasteiger partial charge in [0.2, 0.25) is 5.91 Å². The lowest BCUT2D eigenvalue weighted by Crippen LogP contribution is -2.36. The number of nitrogens with zero attached hydrogens (tertiary/aromatic N) is 1. The molecule has 1 unspecified atom stereocenters. The van der Waals surface area contributed by atoms with E-state index in [1.165, 1.54) is 0 Å². The molecule has 0 radical (unpaired) electrons. The van der Waals surface area contributed by atoms with Crippen molar-refractivity contribution in [3.05, 3.63) is 29.8 Å². The van der Waals surface area contributed by atoms with Gasteiger partial charge in [-0.15, -0.1) is 0 Å². The summed E-state index contributed by atoms with van der Waals surface area (Å²) < 4.78 is 0. The maximum Gasteiger partial charge on any atom is 0.227 e. The van der Waals surface area contributed by atoms with Crippen LogP contribution in [-0.2, 0) is 11.2 Å². The molecule has 1 heterocycles. The minimum Gasteiger partial charge on any atom is -0.508 e. The number of hydrogen-bond donors (Lipinski definition) is 1. The van der Waals surface area contributed by atoms with Crippen molar-refractivity contribution in [2.75, 3.05) is 6.54 Å². The molecule has 1 amide bonds. The van der Waals surface area contributed by atoms with Gasteiger partial charge in [0.05, 0.1) is 6.42 Å². The van der Waals surface area contributed by atoms with Crippen molar-refractivity contribution in [1.29, 1.82) is 0 Å². The van der Waals surface area contributed by atoms with Crippen molar-refractivity contribution in [1.82, 2.24) is 4.90 Å². The number of para-hydroxylation sites is 1. The zero-order valence-electron chi connectivity index (χ0n) is 10.2. The van der Waals surface area contributed by atoms with Gasteiger partial charge in [-0.2, -0.15) is 0 Å². The topological polar surface area (TPSA) is 40.5 Å². The highest BCUT2D eigenvalue weighted by molar-refractivity contribution is 5.80. The van der Waals surface area contributed by atoms with Crippen molar-refractivity contribution < 1.29 is 9.90 Å². The van der Waals surface area contributed by atoms with Crippen LogP contribution in [0.4, 0.5) is 0 Å². The number of amides is 1. The first-order valence-corrected chi connectivity index (χ1v) is 6.28. The van der Waals surface area contributed by atoms with E-state index in [9.17, 15) is 9.90 Å². The molecule has 0 aromatic heterocycles. The Hall–Kier alpha value is -1.51. The molecule has 1 aromatic rings. The standard InChI is InChI=1S/C14H19NO2/c1-2-12-7-5-9-15(12)14(17)10-11-6-3-4-8-13(11)16/h3-4,6,8,12,16H,2,5,7,9-10H2,1H3. The van der Waals surface area contributed by atoms with E-state index in [0.717, 1.165) is 31.4 Å². The molecular weight excluding hydrogens is 214 g/mol. The summed E-state index contributed by atoms with van der Waals surface area (Å²) in [7, 11) is 0. The summed E-state index contributed by atoms with van der Waals surface area (Å²) in [4.78, 5) is 14.1. The van der Waals surface area contributed by atoms with E-state index < -0.39 is 0 Å². The molecule has 1 fully saturated rings. The van der Waals surface area contributed by atoms with Gasteiger partial charge in [-0.25, -0.2) is 0 Å². The smallest absolute Gasteiger partial charge is 0.227 e. The van der Waals surface area contributed by atoms with E-state index in [-0.39, 0.29) is 11.7 Å². The Kier molecular flexibility index (Phi) is 3.67. The zero-order chi connectivity index (χ0) is 12.3. The SMILES string of the molecule is CCC1CCCN1C(=O)Cc1ccccc1O. The summed E-state index contributed by atoms with van der Waals surface area (Å²) in [5, 5.41) is 9.65. The van der Waals surface area contributed by atoms with Crippen molar-refractivity contribution in [2.24, 2.45) is 0 Å². The molecule has 1 saturated heterocycles. The largest absolute Gasteiger partial charge is 0.508 e. The van der Waals surface area contributed by atoms with Crippen LogP contribution < -0.4 is 0 Å². The van der Waals surface area contributed by atoms with Gasteiger partial charge >= 0.3 is 0 Å². The normalized spacial score (nSPS) is 19.6. The minimum absolute atomic E-state index is 0.135. The lowest BCUT2D eigenvalue weighted by atomic mass is 10.1. The Morgan fingerprint density at radius 3 is 2.94 bits per heavy atom. The van der Waals surface area contributed by atoms with Gasteiger partial charge in [-0.3, -0.25) is 4.79 Å². The predicted octanol–water partition coefficient (Wildman–Crippen LogP) is 2.34. The summed E-state index contributed by atoms with van der Waals surface area (Å²) in [5.74, 6) is 0.351. The molecule has 3 heteroatoms. The van der Waals surface area contributed by atoms with Crippen LogP contribution in [0.25, 0.3) is 0 Å². The van der Waals surface area contributed by atoms with E-state index in [1.807, 2.05) is 17.0 Å². The van der Waals surface area contributed by atoms with Crippen LogP contribution in [-0.4, -0.2) is 28.5 Å². The Morgan fingerprint density at radius 2 is 2.24 bits per heavy atom. The minimum atomic E-state index is 0.135. The predicted molar refractivity (Wildman–Crippen MR) is 66.8 cm³/mol. The third-order valence-corrected chi connectivity index (χ3v) is 3.50. The summed E-state index contributed by atoms with van der Waals surface area (Å²) in [6, 6.07) is 7.46. The fourth-order valence-corrected chi connectivity index (χ4v) is 2.51. The van der Waals surface area contributed by atoms with Gasteiger partial charge in [-0.05, 0) is 25.3 Å². The first kappa shape index (κ1) is 12.0. The summed E-state index contributed by atoms with van der Waals surface area (Å²) in [6.07, 6.45) is 3.55. The molecule has 92 valence electrons. The molecule has 0 aliphatic carbocycles. The van der Waals surface area contributed by atoms with Crippen LogP contribution in [0.2, 0.25) is 0 Å². The summed E-state index contributed by atoms with van der Waals surface area (Å²) in [6.45, 7) is 2.99. The van der Waals surface area contributed by atoms with Crippen LogP contribution >= 0.6 is 0 Å². The Balaban J connectivity index is 2.04. The van der Waals surface area contributed by atoms with E-state index in [0.29, 0.717) is 12.5 Å². The molecule has 0 saturated carbocycles. The van der Waals surface area contributed by atoms with Crippen molar-refractivity contribution >= 4 is 5.91 Å². The second-order valence-corrected chi connectivity index (χ2v) is 4.60. The van der Waals surface area contributed by atoms with Gasteiger partial charge in [0.15, 0.2) is 0 Å². The molecule has 3 nitrogen and oxygen atoms in total. The third-order valence-electron chi connectivity index (χ3n) is 3.50. The van der Waals surface area contributed by atoms with Crippen molar-refractivity contribution in [3.63, 3.8) is 0 Å². The maximum absolute atomic E-state index is 12.2. The van der Waals surface area contributed by atoms with Gasteiger partial charge in [0.25, 0.3) is 0 Å². The summed E-state index contributed by atoms with van der Waals surface area (Å²) in [5.41, 5.74) is 0.722. The number of carbonyl (C=O) groups is 1. The van der Waals surface area contributed by atoms with Crippen LogP contribution in [0.1, 0.15) is 31.7 Å². The van der Waals surface area contributed by atoms with Crippen molar-refractivity contribution in [2.45, 2.75) is 38.6 Å². The average Bonchev–Trinajstić information content (AvgIpc) is 2.80. The molecule has 0 bridgehead atoms. The first-order chi connectivity index (χ1) is 8.22. The van der Waals surface area contributed by atoms with Gasteiger partial charge in [0, 0.05) is 18.2 Å². The monoisotopic (exact) mass is 233 g/mol. The second kappa shape index (κ2) is 5.21. The number of likely N-dealkylation sites (tertiary alicyclic amines) is 1. The van der Waals surface area contributed by atoms with Crippen LogP contribution in [0.5, 0.6) is 5.75 Å². The molecule has 1 N–H and O–H groups in total. The molecular formula is C14H19NO2. The fraction of sp³-hybridized carbons (Fsp3) is 0.500. The van der Waals surface area contributed by atoms with Gasteiger partial charge in [-0.1, -0.05) is 25.1 Å². The number of hydrogen-bond acceptors (Lipinski definition) is 2. The highest BCUT2D eigenvalue weighted by Crippen LogP contribution is 2.23. The van der Waals surface area contributed by atoms with Crippen molar-refractivity contribution in [3.8, 4) is 5.75 Å². The van der Waals surface area contributed by atoms with Crippen LogP contribution in [0.3, 0.4) is 0 Å². The lowest BCUT2D eigenvalue weighted by Gasteiger charge is -2.23.